The van der Waals surface area contributed by atoms with Crippen LogP contribution in [0.3, 0.4) is 0 Å². The van der Waals surface area contributed by atoms with Crippen molar-refractivity contribution in [3.63, 3.8) is 0 Å². The largest absolute Gasteiger partial charge is 0.490 e. The lowest BCUT2D eigenvalue weighted by atomic mass is 10.1. The second kappa shape index (κ2) is 7.04. The van der Waals surface area contributed by atoms with Crippen LogP contribution >= 0.6 is 0 Å². The van der Waals surface area contributed by atoms with E-state index < -0.39 is 5.97 Å². The highest BCUT2D eigenvalue weighted by molar-refractivity contribution is 5.90. The van der Waals surface area contributed by atoms with Gasteiger partial charge < -0.3 is 9.84 Å². The normalized spacial score (nSPS) is 12.2. The summed E-state index contributed by atoms with van der Waals surface area (Å²) in [5, 5.41) is 9.04. The Morgan fingerprint density at radius 2 is 2.11 bits per heavy atom. The fourth-order valence-electron chi connectivity index (χ4n) is 1.93. The second-order valence-corrected chi connectivity index (χ2v) is 4.66. The maximum atomic E-state index is 11.0. The van der Waals surface area contributed by atoms with Crippen LogP contribution in [0.15, 0.2) is 18.2 Å². The third kappa shape index (κ3) is 4.06. The molecule has 0 aromatic heterocycles. The third-order valence-corrected chi connectivity index (χ3v) is 3.06. The summed E-state index contributed by atoms with van der Waals surface area (Å²) >= 11 is 0. The molecule has 1 N–H and O–H groups in total. The Bertz CT molecular complexity index is 399. The minimum atomic E-state index is -0.906. The molecule has 3 nitrogen and oxygen atoms in total. The number of carboxylic acids is 1. The van der Waals surface area contributed by atoms with Crippen LogP contribution in [0.2, 0.25) is 0 Å². The van der Waals surface area contributed by atoms with Crippen molar-refractivity contribution in [2.45, 2.75) is 52.6 Å². The Hall–Kier alpha value is -1.51. The van der Waals surface area contributed by atoms with Crippen molar-refractivity contribution in [2.75, 3.05) is 0 Å². The van der Waals surface area contributed by atoms with Crippen LogP contribution in [0, 0.1) is 6.92 Å². The van der Waals surface area contributed by atoms with Gasteiger partial charge >= 0.3 is 5.97 Å². The fraction of sp³-hybridized carbons (Fsp3) is 0.533. The zero-order valence-corrected chi connectivity index (χ0v) is 11.4. The monoisotopic (exact) mass is 250 g/mol. The van der Waals surface area contributed by atoms with Crippen molar-refractivity contribution in [2.24, 2.45) is 0 Å². The van der Waals surface area contributed by atoms with Gasteiger partial charge in [-0.2, -0.15) is 0 Å². The van der Waals surface area contributed by atoms with Crippen LogP contribution in [0.5, 0.6) is 5.75 Å². The Morgan fingerprint density at radius 1 is 1.39 bits per heavy atom. The Morgan fingerprint density at radius 3 is 2.72 bits per heavy atom. The maximum absolute atomic E-state index is 11.0. The average Bonchev–Trinajstić information content (AvgIpc) is 2.32. The molecule has 0 fully saturated rings. The number of carbonyl (C=O) groups is 1. The highest BCUT2D eigenvalue weighted by Gasteiger charge is 2.12. The first kappa shape index (κ1) is 14.6. The topological polar surface area (TPSA) is 46.5 Å². The molecule has 0 saturated heterocycles. The Kier molecular flexibility index (Phi) is 5.69. The molecule has 1 rings (SSSR count). The Labute approximate surface area is 109 Å². The van der Waals surface area contributed by atoms with Crippen molar-refractivity contribution in [1.29, 1.82) is 0 Å². The predicted molar refractivity (Wildman–Crippen MR) is 72.4 cm³/mol. The van der Waals surface area contributed by atoms with E-state index in [0.29, 0.717) is 16.9 Å². The molecular formula is C15H22O3. The van der Waals surface area contributed by atoms with E-state index in [1.807, 2.05) is 13.0 Å². The van der Waals surface area contributed by atoms with Crippen molar-refractivity contribution < 1.29 is 14.6 Å². The summed E-state index contributed by atoms with van der Waals surface area (Å²) in [6.07, 6.45) is 4.68. The van der Waals surface area contributed by atoms with Gasteiger partial charge in [0.15, 0.2) is 0 Å². The molecule has 0 aliphatic heterocycles. The maximum Gasteiger partial charge on any atom is 0.336 e. The first-order valence-corrected chi connectivity index (χ1v) is 6.55. The fourth-order valence-corrected chi connectivity index (χ4v) is 1.93. The molecule has 0 spiro atoms. The molecule has 100 valence electrons. The highest BCUT2D eigenvalue weighted by Crippen LogP contribution is 2.23. The van der Waals surface area contributed by atoms with E-state index >= 15 is 0 Å². The molecule has 0 saturated carbocycles. The van der Waals surface area contributed by atoms with E-state index in [0.717, 1.165) is 12.8 Å². The molecule has 0 aliphatic carbocycles. The van der Waals surface area contributed by atoms with Gasteiger partial charge in [-0.15, -0.1) is 0 Å². The summed E-state index contributed by atoms with van der Waals surface area (Å²) < 4.78 is 5.82. The number of hydrogen-bond acceptors (Lipinski definition) is 2. The van der Waals surface area contributed by atoms with Gasteiger partial charge in [-0.05, 0) is 38.8 Å². The van der Waals surface area contributed by atoms with Gasteiger partial charge in [0.2, 0.25) is 0 Å². The number of hydrogen-bond donors (Lipinski definition) is 1. The molecule has 1 atom stereocenters. The minimum Gasteiger partial charge on any atom is -0.490 e. The minimum absolute atomic E-state index is 0.124. The molecule has 18 heavy (non-hydrogen) atoms. The SMILES string of the molecule is CCCCCC(C)Oc1cccc(C(=O)O)c1C. The molecule has 1 unspecified atom stereocenters. The van der Waals surface area contributed by atoms with Gasteiger partial charge in [0.1, 0.15) is 5.75 Å². The third-order valence-electron chi connectivity index (χ3n) is 3.06. The van der Waals surface area contributed by atoms with Gasteiger partial charge in [-0.1, -0.05) is 25.8 Å². The van der Waals surface area contributed by atoms with Gasteiger partial charge in [0, 0.05) is 5.56 Å². The smallest absolute Gasteiger partial charge is 0.336 e. The number of rotatable bonds is 7. The number of aromatic carboxylic acids is 1. The highest BCUT2D eigenvalue weighted by atomic mass is 16.5. The molecule has 1 aromatic rings. The molecule has 0 radical (unpaired) electrons. The lowest BCUT2D eigenvalue weighted by Crippen LogP contribution is -2.13. The summed E-state index contributed by atoms with van der Waals surface area (Å²) in [6, 6.07) is 5.16. The van der Waals surface area contributed by atoms with E-state index in [1.54, 1.807) is 19.1 Å². The molecule has 0 heterocycles. The van der Waals surface area contributed by atoms with Crippen molar-refractivity contribution in [3.8, 4) is 5.75 Å². The molecule has 0 aliphatic rings. The van der Waals surface area contributed by atoms with Gasteiger partial charge in [-0.25, -0.2) is 4.79 Å². The first-order valence-electron chi connectivity index (χ1n) is 6.55. The van der Waals surface area contributed by atoms with E-state index in [1.165, 1.54) is 12.8 Å². The number of ether oxygens (including phenoxy) is 1. The summed E-state index contributed by atoms with van der Waals surface area (Å²) in [5.74, 6) is -0.226. The lowest BCUT2D eigenvalue weighted by Gasteiger charge is -2.17. The summed E-state index contributed by atoms with van der Waals surface area (Å²) in [6.45, 7) is 5.99. The summed E-state index contributed by atoms with van der Waals surface area (Å²) in [4.78, 5) is 11.0. The Balaban J connectivity index is 2.67. The number of carboxylic acid groups (broad SMARTS) is 1. The number of benzene rings is 1. The van der Waals surface area contributed by atoms with E-state index in [2.05, 4.69) is 6.92 Å². The molecule has 0 amide bonds. The second-order valence-electron chi connectivity index (χ2n) is 4.66. The predicted octanol–water partition coefficient (Wildman–Crippen LogP) is 4.04. The van der Waals surface area contributed by atoms with Crippen LogP contribution in [-0.2, 0) is 0 Å². The van der Waals surface area contributed by atoms with Gasteiger partial charge in [0.25, 0.3) is 0 Å². The van der Waals surface area contributed by atoms with Crippen LogP contribution in [0.25, 0.3) is 0 Å². The zero-order chi connectivity index (χ0) is 13.5. The first-order chi connectivity index (χ1) is 8.56. The van der Waals surface area contributed by atoms with Crippen LogP contribution in [-0.4, -0.2) is 17.2 Å². The lowest BCUT2D eigenvalue weighted by molar-refractivity contribution is 0.0695. The average molecular weight is 250 g/mol. The quantitative estimate of drug-likeness (QED) is 0.743. The standard InChI is InChI=1S/C15H22O3/c1-4-5-6-8-11(2)18-14-10-7-9-13(12(14)3)15(16)17/h7,9-11H,4-6,8H2,1-3H3,(H,16,17). The van der Waals surface area contributed by atoms with E-state index in [9.17, 15) is 4.79 Å². The van der Waals surface area contributed by atoms with Crippen LogP contribution in [0.1, 0.15) is 55.5 Å². The summed E-state index contributed by atoms with van der Waals surface area (Å²) in [5.41, 5.74) is 1.01. The van der Waals surface area contributed by atoms with E-state index in [4.69, 9.17) is 9.84 Å². The molecular weight excluding hydrogens is 228 g/mol. The van der Waals surface area contributed by atoms with Crippen molar-refractivity contribution >= 4 is 5.97 Å². The van der Waals surface area contributed by atoms with Crippen molar-refractivity contribution in [1.82, 2.24) is 0 Å². The zero-order valence-electron chi connectivity index (χ0n) is 11.4. The van der Waals surface area contributed by atoms with Crippen molar-refractivity contribution in [3.05, 3.63) is 29.3 Å². The summed E-state index contributed by atoms with van der Waals surface area (Å²) in [7, 11) is 0. The number of unbranched alkanes of at least 4 members (excludes halogenated alkanes) is 2. The van der Waals surface area contributed by atoms with Crippen LogP contribution in [0.4, 0.5) is 0 Å². The molecule has 3 heteroatoms. The van der Waals surface area contributed by atoms with Gasteiger partial charge in [-0.3, -0.25) is 0 Å². The van der Waals surface area contributed by atoms with Crippen LogP contribution < -0.4 is 4.74 Å². The van der Waals surface area contributed by atoms with Gasteiger partial charge in [0.05, 0.1) is 11.7 Å². The molecule has 0 bridgehead atoms. The van der Waals surface area contributed by atoms with E-state index in [-0.39, 0.29) is 6.10 Å². The molecule has 1 aromatic carbocycles.